The van der Waals surface area contributed by atoms with E-state index in [0.29, 0.717) is 18.0 Å². The zero-order chi connectivity index (χ0) is 16.7. The molecule has 0 radical (unpaired) electrons. The van der Waals surface area contributed by atoms with Crippen molar-refractivity contribution >= 4 is 12.0 Å². The number of carbonyl (C=O) groups excluding carboxylic acids is 1. The van der Waals surface area contributed by atoms with Gasteiger partial charge in [0.25, 0.3) is 0 Å². The van der Waals surface area contributed by atoms with Crippen molar-refractivity contribution in [3.05, 3.63) is 59.4 Å². The third-order valence-electron chi connectivity index (χ3n) is 3.38. The molecule has 0 spiro atoms. The number of rotatable bonds is 6. The van der Waals surface area contributed by atoms with Gasteiger partial charge in [-0.05, 0) is 42.3 Å². The molecule has 2 rings (SSSR count). The molecule has 120 valence electrons. The summed E-state index contributed by atoms with van der Waals surface area (Å²) in [6.45, 7) is 2.37. The highest BCUT2D eigenvalue weighted by atomic mass is 16.5. The van der Waals surface area contributed by atoms with Gasteiger partial charge < -0.3 is 14.8 Å². The molecule has 1 amide bonds. The number of methoxy groups -OCH3 is 2. The number of pyridine rings is 1. The van der Waals surface area contributed by atoms with Crippen molar-refractivity contribution in [3.63, 3.8) is 0 Å². The lowest BCUT2D eigenvalue weighted by Gasteiger charge is -2.07. The van der Waals surface area contributed by atoms with Gasteiger partial charge in [0.2, 0.25) is 5.91 Å². The molecule has 1 heterocycles. The van der Waals surface area contributed by atoms with Crippen LogP contribution in [0.5, 0.6) is 11.5 Å². The Morgan fingerprint density at radius 1 is 1.22 bits per heavy atom. The van der Waals surface area contributed by atoms with Crippen LogP contribution >= 0.6 is 0 Å². The normalized spacial score (nSPS) is 10.6. The van der Waals surface area contributed by atoms with Gasteiger partial charge in [-0.1, -0.05) is 12.1 Å². The Kier molecular flexibility index (Phi) is 5.74. The second kappa shape index (κ2) is 7.98. The predicted molar refractivity (Wildman–Crippen MR) is 89.4 cm³/mol. The zero-order valence-corrected chi connectivity index (χ0v) is 13.5. The fraction of sp³-hybridized carbons (Fsp3) is 0.222. The Morgan fingerprint density at radius 2 is 2.00 bits per heavy atom. The SMILES string of the molecule is COc1ccc(C=CC(=O)NCc2ncccc2C)cc1OC. The highest BCUT2D eigenvalue weighted by Crippen LogP contribution is 2.27. The molecule has 0 aliphatic heterocycles. The van der Waals surface area contributed by atoms with Gasteiger partial charge in [-0.15, -0.1) is 0 Å². The average Bonchev–Trinajstić information content (AvgIpc) is 2.58. The molecule has 0 bridgehead atoms. The fourth-order valence-corrected chi connectivity index (χ4v) is 2.06. The van der Waals surface area contributed by atoms with E-state index in [1.165, 1.54) is 6.08 Å². The fourth-order valence-electron chi connectivity index (χ4n) is 2.06. The van der Waals surface area contributed by atoms with Gasteiger partial charge in [-0.3, -0.25) is 9.78 Å². The van der Waals surface area contributed by atoms with Crippen LogP contribution in [-0.4, -0.2) is 25.1 Å². The first-order chi connectivity index (χ1) is 11.1. The first-order valence-electron chi connectivity index (χ1n) is 7.22. The summed E-state index contributed by atoms with van der Waals surface area (Å²) in [6, 6.07) is 9.30. The van der Waals surface area contributed by atoms with E-state index in [0.717, 1.165) is 16.8 Å². The number of aryl methyl sites for hydroxylation is 1. The standard InChI is InChI=1S/C18H20N2O3/c1-13-5-4-10-19-15(13)12-20-18(21)9-7-14-6-8-16(22-2)17(11-14)23-3/h4-11H,12H2,1-3H3,(H,20,21). The maximum atomic E-state index is 11.9. The van der Waals surface area contributed by atoms with Crippen LogP contribution in [-0.2, 0) is 11.3 Å². The van der Waals surface area contributed by atoms with E-state index in [1.807, 2.05) is 31.2 Å². The van der Waals surface area contributed by atoms with Crippen LogP contribution in [0.3, 0.4) is 0 Å². The van der Waals surface area contributed by atoms with Crippen molar-refractivity contribution < 1.29 is 14.3 Å². The van der Waals surface area contributed by atoms with Crippen LogP contribution < -0.4 is 14.8 Å². The highest BCUT2D eigenvalue weighted by molar-refractivity contribution is 5.91. The van der Waals surface area contributed by atoms with E-state index in [1.54, 1.807) is 32.6 Å². The third kappa shape index (κ3) is 4.57. The summed E-state index contributed by atoms with van der Waals surface area (Å²) in [4.78, 5) is 16.1. The molecule has 5 nitrogen and oxygen atoms in total. The summed E-state index contributed by atoms with van der Waals surface area (Å²) in [6.07, 6.45) is 4.93. The molecule has 0 fully saturated rings. The number of ether oxygens (including phenoxy) is 2. The van der Waals surface area contributed by atoms with Gasteiger partial charge >= 0.3 is 0 Å². The van der Waals surface area contributed by atoms with E-state index in [9.17, 15) is 4.79 Å². The largest absolute Gasteiger partial charge is 0.493 e. The number of hydrogen-bond donors (Lipinski definition) is 1. The van der Waals surface area contributed by atoms with Gasteiger partial charge in [0.1, 0.15) is 0 Å². The van der Waals surface area contributed by atoms with Crippen molar-refractivity contribution in [2.75, 3.05) is 14.2 Å². The summed E-state index contributed by atoms with van der Waals surface area (Å²) >= 11 is 0. The Balaban J connectivity index is 1.97. The second-order valence-electron chi connectivity index (χ2n) is 4.93. The molecule has 2 aromatic rings. The van der Waals surface area contributed by atoms with Crippen LogP contribution in [0.4, 0.5) is 0 Å². The Bertz CT molecular complexity index is 711. The number of carbonyl (C=O) groups is 1. The molecule has 0 aliphatic rings. The van der Waals surface area contributed by atoms with Gasteiger partial charge in [-0.2, -0.15) is 0 Å². The number of hydrogen-bond acceptors (Lipinski definition) is 4. The van der Waals surface area contributed by atoms with Crippen LogP contribution in [0.25, 0.3) is 6.08 Å². The number of nitrogens with zero attached hydrogens (tertiary/aromatic N) is 1. The highest BCUT2D eigenvalue weighted by Gasteiger charge is 2.04. The maximum Gasteiger partial charge on any atom is 0.244 e. The van der Waals surface area contributed by atoms with E-state index in [4.69, 9.17) is 9.47 Å². The summed E-state index contributed by atoms with van der Waals surface area (Å²) in [7, 11) is 3.16. The van der Waals surface area contributed by atoms with Crippen molar-refractivity contribution in [1.29, 1.82) is 0 Å². The lowest BCUT2D eigenvalue weighted by Crippen LogP contribution is -2.21. The van der Waals surface area contributed by atoms with Crippen molar-refractivity contribution in [1.82, 2.24) is 10.3 Å². The van der Waals surface area contributed by atoms with E-state index in [2.05, 4.69) is 10.3 Å². The quantitative estimate of drug-likeness (QED) is 0.833. The predicted octanol–water partition coefficient (Wildman–Crippen LogP) is 2.74. The minimum atomic E-state index is -0.176. The Hall–Kier alpha value is -2.82. The number of aromatic nitrogens is 1. The molecule has 23 heavy (non-hydrogen) atoms. The molecule has 0 atom stereocenters. The van der Waals surface area contributed by atoms with Crippen LogP contribution in [0, 0.1) is 6.92 Å². The summed E-state index contributed by atoms with van der Waals surface area (Å²) in [5.74, 6) is 1.10. The van der Waals surface area contributed by atoms with Crippen molar-refractivity contribution in [3.8, 4) is 11.5 Å². The lowest BCUT2D eigenvalue weighted by atomic mass is 10.2. The third-order valence-corrected chi connectivity index (χ3v) is 3.38. The smallest absolute Gasteiger partial charge is 0.244 e. The molecular formula is C18H20N2O3. The second-order valence-corrected chi connectivity index (χ2v) is 4.93. The summed E-state index contributed by atoms with van der Waals surface area (Å²) in [5.41, 5.74) is 2.77. The summed E-state index contributed by atoms with van der Waals surface area (Å²) < 4.78 is 10.4. The Morgan fingerprint density at radius 3 is 2.70 bits per heavy atom. The monoisotopic (exact) mass is 312 g/mol. The van der Waals surface area contributed by atoms with E-state index >= 15 is 0 Å². The number of benzene rings is 1. The van der Waals surface area contributed by atoms with Crippen LogP contribution in [0.15, 0.2) is 42.6 Å². The van der Waals surface area contributed by atoms with Gasteiger partial charge in [0, 0.05) is 12.3 Å². The first kappa shape index (κ1) is 16.5. The van der Waals surface area contributed by atoms with Crippen LogP contribution in [0.1, 0.15) is 16.8 Å². The van der Waals surface area contributed by atoms with Gasteiger partial charge in [0.05, 0.1) is 26.5 Å². The summed E-state index contributed by atoms with van der Waals surface area (Å²) in [5, 5.41) is 2.82. The zero-order valence-electron chi connectivity index (χ0n) is 13.5. The van der Waals surface area contributed by atoms with Gasteiger partial charge in [0.15, 0.2) is 11.5 Å². The van der Waals surface area contributed by atoms with E-state index < -0.39 is 0 Å². The molecule has 0 saturated heterocycles. The number of amides is 1. The molecule has 0 aliphatic carbocycles. The molecule has 0 saturated carbocycles. The molecular weight excluding hydrogens is 292 g/mol. The minimum Gasteiger partial charge on any atom is -0.493 e. The van der Waals surface area contributed by atoms with Crippen LogP contribution in [0.2, 0.25) is 0 Å². The molecule has 1 aromatic carbocycles. The average molecular weight is 312 g/mol. The minimum absolute atomic E-state index is 0.176. The lowest BCUT2D eigenvalue weighted by molar-refractivity contribution is -0.116. The van der Waals surface area contributed by atoms with Gasteiger partial charge in [-0.25, -0.2) is 0 Å². The number of nitrogens with one attached hydrogen (secondary N) is 1. The molecule has 5 heteroatoms. The Labute approximate surface area is 136 Å². The maximum absolute atomic E-state index is 11.9. The molecule has 1 aromatic heterocycles. The molecule has 0 unspecified atom stereocenters. The topological polar surface area (TPSA) is 60.5 Å². The van der Waals surface area contributed by atoms with Crippen molar-refractivity contribution in [2.24, 2.45) is 0 Å². The first-order valence-corrected chi connectivity index (χ1v) is 7.22. The van der Waals surface area contributed by atoms with Crippen molar-refractivity contribution in [2.45, 2.75) is 13.5 Å². The van der Waals surface area contributed by atoms with E-state index in [-0.39, 0.29) is 5.91 Å². The molecule has 1 N–H and O–H groups in total.